The fraction of sp³-hybridized carbons (Fsp3) is 0.360. The van der Waals surface area contributed by atoms with E-state index >= 15 is 0 Å². The van der Waals surface area contributed by atoms with E-state index in [0.717, 1.165) is 23.6 Å². The van der Waals surface area contributed by atoms with E-state index < -0.39 is 0 Å². The molecule has 0 bridgehead atoms. The van der Waals surface area contributed by atoms with Crippen LogP contribution in [0.15, 0.2) is 47.4 Å². The molecule has 5 rings (SSSR count). The zero-order valence-electron chi connectivity index (χ0n) is 18.6. The van der Waals surface area contributed by atoms with Crippen LogP contribution >= 0.6 is 11.8 Å². The van der Waals surface area contributed by atoms with Gasteiger partial charge in [-0.15, -0.1) is 11.8 Å². The number of hydrogen-bond donors (Lipinski definition) is 0. The van der Waals surface area contributed by atoms with Crippen molar-refractivity contribution in [2.75, 3.05) is 24.5 Å². The number of aryl methyl sites for hydroxylation is 3. The first-order chi connectivity index (χ1) is 14.9. The third kappa shape index (κ3) is 3.53. The van der Waals surface area contributed by atoms with Crippen LogP contribution in [-0.4, -0.2) is 46.3 Å². The summed E-state index contributed by atoms with van der Waals surface area (Å²) in [5.41, 5.74) is 7.69. The van der Waals surface area contributed by atoms with Crippen molar-refractivity contribution < 1.29 is 4.79 Å². The van der Waals surface area contributed by atoms with Crippen molar-refractivity contribution in [2.24, 2.45) is 7.05 Å². The van der Waals surface area contributed by atoms with E-state index in [1.807, 2.05) is 16.6 Å². The molecule has 2 aliphatic heterocycles. The Balaban J connectivity index is 1.41. The van der Waals surface area contributed by atoms with Crippen LogP contribution in [-0.2, 0) is 12.8 Å². The zero-order valence-corrected chi connectivity index (χ0v) is 19.4. The van der Waals surface area contributed by atoms with Gasteiger partial charge >= 0.3 is 0 Å². The molecule has 3 heterocycles. The van der Waals surface area contributed by atoms with Crippen LogP contribution in [0, 0.1) is 13.8 Å². The maximum Gasteiger partial charge on any atom is 0.274 e. The monoisotopic (exact) mass is 432 g/mol. The molecule has 6 heteroatoms. The summed E-state index contributed by atoms with van der Waals surface area (Å²) in [6.45, 7) is 8.69. The second kappa shape index (κ2) is 7.75. The predicted octanol–water partition coefficient (Wildman–Crippen LogP) is 4.66. The summed E-state index contributed by atoms with van der Waals surface area (Å²) in [7, 11) is 1.95. The third-order valence-corrected chi connectivity index (χ3v) is 7.46. The molecular weight excluding hydrogens is 404 g/mol. The molecule has 0 spiro atoms. The number of carbonyl (C=O) groups is 1. The molecule has 1 atom stereocenters. The lowest BCUT2D eigenvalue weighted by molar-refractivity contribution is 0.0719. The lowest BCUT2D eigenvalue weighted by Gasteiger charge is -2.41. The van der Waals surface area contributed by atoms with Gasteiger partial charge in [0, 0.05) is 60.2 Å². The fourth-order valence-corrected chi connectivity index (χ4v) is 5.85. The van der Waals surface area contributed by atoms with Crippen LogP contribution in [0.2, 0.25) is 0 Å². The first-order valence-electron chi connectivity index (χ1n) is 10.8. The highest BCUT2D eigenvalue weighted by Gasteiger charge is 2.33. The number of piperazine rings is 1. The van der Waals surface area contributed by atoms with Gasteiger partial charge in [0.1, 0.15) is 0 Å². The Labute approximate surface area is 188 Å². The number of carbonyl (C=O) groups excluding carboxylic acids is 1. The predicted molar refractivity (Wildman–Crippen MR) is 127 cm³/mol. The summed E-state index contributed by atoms with van der Waals surface area (Å²) in [6, 6.07) is 15.4. The van der Waals surface area contributed by atoms with E-state index in [2.05, 4.69) is 68.1 Å². The van der Waals surface area contributed by atoms with E-state index in [9.17, 15) is 4.79 Å². The molecule has 3 aromatic rings. The second-order valence-corrected chi connectivity index (χ2v) is 9.74. The topological polar surface area (TPSA) is 41.4 Å². The molecule has 1 unspecified atom stereocenters. The van der Waals surface area contributed by atoms with Gasteiger partial charge in [-0.1, -0.05) is 23.8 Å². The van der Waals surface area contributed by atoms with Gasteiger partial charge in [-0.2, -0.15) is 5.10 Å². The lowest BCUT2D eigenvalue weighted by atomic mass is 10.0. The Hall–Kier alpha value is -2.73. The van der Waals surface area contributed by atoms with E-state index in [1.165, 1.54) is 27.3 Å². The summed E-state index contributed by atoms with van der Waals surface area (Å²) < 4.78 is 1.90. The molecule has 1 saturated heterocycles. The molecular formula is C25H28N4OS. The molecule has 2 aromatic carbocycles. The van der Waals surface area contributed by atoms with Crippen LogP contribution < -0.4 is 4.90 Å². The first kappa shape index (κ1) is 20.2. The number of nitrogens with zero attached hydrogens (tertiary/aromatic N) is 4. The van der Waals surface area contributed by atoms with Gasteiger partial charge in [0.2, 0.25) is 0 Å². The van der Waals surface area contributed by atoms with Crippen LogP contribution in [0.4, 0.5) is 5.69 Å². The number of fused-ring (bicyclic) bond motifs is 3. The Morgan fingerprint density at radius 3 is 2.68 bits per heavy atom. The lowest BCUT2D eigenvalue weighted by Crippen LogP contribution is -2.54. The van der Waals surface area contributed by atoms with Crippen molar-refractivity contribution in [2.45, 2.75) is 37.5 Å². The van der Waals surface area contributed by atoms with Gasteiger partial charge in [0.05, 0.1) is 5.69 Å². The highest BCUT2D eigenvalue weighted by atomic mass is 32.2. The van der Waals surface area contributed by atoms with Crippen molar-refractivity contribution in [3.05, 3.63) is 64.8 Å². The van der Waals surface area contributed by atoms with Crippen molar-refractivity contribution in [1.29, 1.82) is 0 Å². The average molecular weight is 433 g/mol. The highest BCUT2D eigenvalue weighted by molar-refractivity contribution is 7.98. The minimum absolute atomic E-state index is 0.0595. The molecule has 0 radical (unpaired) electrons. The minimum atomic E-state index is 0.0595. The third-order valence-electron chi connectivity index (χ3n) is 6.36. The van der Waals surface area contributed by atoms with Crippen molar-refractivity contribution in [3.8, 4) is 11.3 Å². The quantitative estimate of drug-likeness (QED) is 0.591. The summed E-state index contributed by atoms with van der Waals surface area (Å²) in [4.78, 5) is 19.2. The van der Waals surface area contributed by atoms with E-state index in [4.69, 9.17) is 5.10 Å². The number of aromatic nitrogens is 2. The maximum atomic E-state index is 13.5. The van der Waals surface area contributed by atoms with Gasteiger partial charge in [-0.25, -0.2) is 0 Å². The zero-order chi connectivity index (χ0) is 21.7. The minimum Gasteiger partial charge on any atom is -0.365 e. The molecule has 0 N–H and O–H groups in total. The standard InChI is InChI=1S/C25H28N4OS/c1-16-6-5-7-19(12-16)29-11-10-28(14-18(29)3)25(30)23-21-15-31-22-9-8-17(2)13-20(22)24(21)27(4)26-23/h5-9,12-13,18H,10-11,14-15H2,1-4H3. The summed E-state index contributed by atoms with van der Waals surface area (Å²) in [6.07, 6.45) is 0. The van der Waals surface area contributed by atoms with E-state index in [0.29, 0.717) is 18.8 Å². The van der Waals surface area contributed by atoms with Crippen LogP contribution in [0.25, 0.3) is 11.3 Å². The number of benzene rings is 2. The van der Waals surface area contributed by atoms with Gasteiger partial charge in [0.25, 0.3) is 5.91 Å². The number of amides is 1. The summed E-state index contributed by atoms with van der Waals surface area (Å²) >= 11 is 1.80. The molecule has 2 aliphatic rings. The van der Waals surface area contributed by atoms with Crippen molar-refractivity contribution in [3.63, 3.8) is 0 Å². The van der Waals surface area contributed by atoms with Crippen LogP contribution in [0.5, 0.6) is 0 Å². The summed E-state index contributed by atoms with van der Waals surface area (Å²) in [5, 5.41) is 4.71. The number of thioether (sulfide) groups is 1. The van der Waals surface area contributed by atoms with E-state index in [1.54, 1.807) is 11.8 Å². The molecule has 0 aliphatic carbocycles. The fourth-order valence-electron chi connectivity index (χ4n) is 4.80. The molecule has 1 fully saturated rings. The maximum absolute atomic E-state index is 13.5. The Morgan fingerprint density at radius 2 is 1.90 bits per heavy atom. The highest BCUT2D eigenvalue weighted by Crippen LogP contribution is 2.43. The Kier molecular flexibility index (Phi) is 5.05. The molecule has 160 valence electrons. The van der Waals surface area contributed by atoms with Gasteiger partial charge < -0.3 is 9.80 Å². The van der Waals surface area contributed by atoms with Crippen LogP contribution in [0.1, 0.15) is 34.1 Å². The van der Waals surface area contributed by atoms with Gasteiger partial charge in [-0.3, -0.25) is 9.48 Å². The molecule has 1 amide bonds. The number of anilines is 1. The number of rotatable bonds is 2. The number of hydrogen-bond acceptors (Lipinski definition) is 4. The van der Waals surface area contributed by atoms with Gasteiger partial charge in [0.15, 0.2) is 5.69 Å². The summed E-state index contributed by atoms with van der Waals surface area (Å²) in [5.74, 6) is 0.850. The Morgan fingerprint density at radius 1 is 1.10 bits per heavy atom. The van der Waals surface area contributed by atoms with E-state index in [-0.39, 0.29) is 11.9 Å². The normalized spacial score (nSPS) is 18.0. The van der Waals surface area contributed by atoms with Crippen LogP contribution in [0.3, 0.4) is 0 Å². The van der Waals surface area contributed by atoms with Crippen molar-refractivity contribution in [1.82, 2.24) is 14.7 Å². The Bertz CT molecular complexity index is 1170. The van der Waals surface area contributed by atoms with Gasteiger partial charge in [-0.05, 0) is 50.6 Å². The molecule has 31 heavy (non-hydrogen) atoms. The largest absolute Gasteiger partial charge is 0.365 e. The average Bonchev–Trinajstić information content (AvgIpc) is 3.10. The van der Waals surface area contributed by atoms with Crippen molar-refractivity contribution >= 4 is 23.4 Å². The molecule has 5 nitrogen and oxygen atoms in total. The second-order valence-electron chi connectivity index (χ2n) is 8.72. The molecule has 1 aromatic heterocycles. The molecule has 0 saturated carbocycles. The first-order valence-corrected chi connectivity index (χ1v) is 11.8. The SMILES string of the molecule is Cc1cccc(N2CCN(C(=O)c3nn(C)c4c3CSc3ccc(C)cc3-4)CC2C)c1. The smallest absolute Gasteiger partial charge is 0.274 e.